The molecule has 2 aliphatic heterocycles. The summed E-state index contributed by atoms with van der Waals surface area (Å²) in [7, 11) is -1.45. The highest BCUT2D eigenvalue weighted by Gasteiger charge is 2.45. The lowest BCUT2D eigenvalue weighted by molar-refractivity contribution is -0.172. The maximum Gasteiger partial charge on any atom is 0.343 e. The molecule has 2 aromatic heterocycles. The van der Waals surface area contributed by atoms with Crippen LogP contribution in [0.25, 0.3) is 22.3 Å². The Morgan fingerprint density at radius 2 is 1.97 bits per heavy atom. The summed E-state index contributed by atoms with van der Waals surface area (Å²) in [5.74, 6) is -0.703. The van der Waals surface area contributed by atoms with Crippen LogP contribution in [0, 0.1) is 0 Å². The molecule has 154 valence electrons. The molecule has 0 spiro atoms. The van der Waals surface area contributed by atoms with E-state index in [0.29, 0.717) is 23.4 Å². The van der Waals surface area contributed by atoms with Crippen molar-refractivity contribution in [2.24, 2.45) is 0 Å². The van der Waals surface area contributed by atoms with Gasteiger partial charge in [0.1, 0.15) is 6.61 Å². The molecule has 0 saturated carbocycles. The van der Waals surface area contributed by atoms with Crippen molar-refractivity contribution in [3.8, 4) is 11.4 Å². The molecule has 0 amide bonds. The number of esters is 1. The van der Waals surface area contributed by atoms with Crippen LogP contribution in [0.4, 0.5) is 0 Å². The Labute approximate surface area is 175 Å². The SMILES string of the molecule is CC[C@@]1(O)C(=O)OCc2c1cc1n(c2=O)Cc2cc3cc([Si](C)(C)C)ccc3nc2-1. The summed E-state index contributed by atoms with van der Waals surface area (Å²) in [6.07, 6.45) is 0.138. The van der Waals surface area contributed by atoms with Gasteiger partial charge in [0.25, 0.3) is 5.56 Å². The summed E-state index contributed by atoms with van der Waals surface area (Å²) in [5.41, 5.74) is 1.90. The fraction of sp³-hybridized carbons (Fsp3) is 0.348. The van der Waals surface area contributed by atoms with Crippen LogP contribution in [0.1, 0.15) is 30.0 Å². The number of benzene rings is 1. The van der Waals surface area contributed by atoms with Crippen LogP contribution in [0.2, 0.25) is 19.6 Å². The van der Waals surface area contributed by atoms with Gasteiger partial charge in [-0.2, -0.15) is 0 Å². The van der Waals surface area contributed by atoms with E-state index in [9.17, 15) is 14.7 Å². The first-order chi connectivity index (χ1) is 14.1. The average molecular weight is 421 g/mol. The number of carbonyl (C=O) groups excluding carboxylic acids is 1. The summed E-state index contributed by atoms with van der Waals surface area (Å²) in [5, 5.41) is 13.4. The van der Waals surface area contributed by atoms with Gasteiger partial charge in [-0.3, -0.25) is 4.79 Å². The molecule has 1 N–H and O–H groups in total. The number of cyclic esters (lactones) is 1. The molecular formula is C23H24N2O4Si. The molecule has 5 rings (SSSR count). The minimum Gasteiger partial charge on any atom is -0.458 e. The predicted octanol–water partition coefficient (Wildman–Crippen LogP) is 2.62. The van der Waals surface area contributed by atoms with Crippen LogP contribution in [0.3, 0.4) is 0 Å². The zero-order chi connectivity index (χ0) is 21.4. The van der Waals surface area contributed by atoms with Crippen molar-refractivity contribution in [1.29, 1.82) is 0 Å². The summed E-state index contributed by atoms with van der Waals surface area (Å²) < 4.78 is 6.79. The van der Waals surface area contributed by atoms with E-state index in [1.165, 1.54) is 5.19 Å². The molecule has 6 nitrogen and oxygen atoms in total. The smallest absolute Gasteiger partial charge is 0.343 e. The maximum absolute atomic E-state index is 13.2. The van der Waals surface area contributed by atoms with Crippen LogP contribution in [-0.4, -0.2) is 28.7 Å². The molecule has 3 aromatic rings. The van der Waals surface area contributed by atoms with E-state index in [-0.39, 0.29) is 18.6 Å². The number of aromatic nitrogens is 2. The van der Waals surface area contributed by atoms with Gasteiger partial charge in [0.05, 0.1) is 37.1 Å². The number of hydrogen-bond acceptors (Lipinski definition) is 5. The van der Waals surface area contributed by atoms with Gasteiger partial charge in [-0.05, 0) is 24.6 Å². The van der Waals surface area contributed by atoms with E-state index >= 15 is 0 Å². The van der Waals surface area contributed by atoms with Gasteiger partial charge in [-0.1, -0.05) is 43.9 Å². The van der Waals surface area contributed by atoms with Crippen molar-refractivity contribution in [2.45, 2.75) is 51.7 Å². The van der Waals surface area contributed by atoms with E-state index in [0.717, 1.165) is 22.2 Å². The second kappa shape index (κ2) is 6.12. The van der Waals surface area contributed by atoms with Crippen molar-refractivity contribution in [1.82, 2.24) is 9.55 Å². The number of pyridine rings is 2. The topological polar surface area (TPSA) is 81.4 Å². The van der Waals surface area contributed by atoms with Crippen molar-refractivity contribution >= 4 is 30.1 Å². The minimum atomic E-state index is -1.80. The third kappa shape index (κ3) is 2.55. The molecule has 2 aliphatic rings. The molecule has 0 saturated heterocycles. The zero-order valence-electron chi connectivity index (χ0n) is 17.6. The van der Waals surface area contributed by atoms with Crippen molar-refractivity contribution in [3.05, 3.63) is 57.4 Å². The van der Waals surface area contributed by atoms with Gasteiger partial charge < -0.3 is 14.4 Å². The molecule has 1 aromatic carbocycles. The van der Waals surface area contributed by atoms with Crippen LogP contribution in [0.15, 0.2) is 35.1 Å². The van der Waals surface area contributed by atoms with Gasteiger partial charge in [0.15, 0.2) is 5.60 Å². The summed E-state index contributed by atoms with van der Waals surface area (Å²) in [6, 6.07) is 10.3. The van der Waals surface area contributed by atoms with Crippen LogP contribution >= 0.6 is 0 Å². The number of rotatable bonds is 2. The number of carbonyl (C=O) groups is 1. The summed E-state index contributed by atoms with van der Waals surface area (Å²) in [6.45, 7) is 8.96. The van der Waals surface area contributed by atoms with Crippen LogP contribution in [-0.2, 0) is 28.3 Å². The maximum atomic E-state index is 13.2. The monoisotopic (exact) mass is 420 g/mol. The highest BCUT2D eigenvalue weighted by atomic mass is 28.3. The number of fused-ring (bicyclic) bond motifs is 5. The molecule has 4 heterocycles. The predicted molar refractivity (Wildman–Crippen MR) is 118 cm³/mol. The molecule has 1 atom stereocenters. The molecular weight excluding hydrogens is 396 g/mol. The zero-order valence-corrected chi connectivity index (χ0v) is 18.6. The van der Waals surface area contributed by atoms with Crippen LogP contribution in [0.5, 0.6) is 0 Å². The average Bonchev–Trinajstić information content (AvgIpc) is 3.06. The third-order valence-corrected chi connectivity index (χ3v) is 8.42. The van der Waals surface area contributed by atoms with E-state index in [4.69, 9.17) is 9.72 Å². The second-order valence-corrected chi connectivity index (χ2v) is 14.3. The van der Waals surface area contributed by atoms with Gasteiger partial charge in [0, 0.05) is 16.5 Å². The van der Waals surface area contributed by atoms with Gasteiger partial charge in [0.2, 0.25) is 0 Å². The van der Waals surface area contributed by atoms with E-state index in [2.05, 4.69) is 37.8 Å². The summed E-state index contributed by atoms with van der Waals surface area (Å²) in [4.78, 5) is 30.3. The molecule has 30 heavy (non-hydrogen) atoms. The lowest BCUT2D eigenvalue weighted by Crippen LogP contribution is -2.44. The minimum absolute atomic E-state index is 0.110. The molecule has 0 unspecified atom stereocenters. The van der Waals surface area contributed by atoms with E-state index < -0.39 is 19.6 Å². The first-order valence-electron chi connectivity index (χ1n) is 10.2. The molecule has 0 fully saturated rings. The highest BCUT2D eigenvalue weighted by Crippen LogP contribution is 2.38. The molecule has 0 aliphatic carbocycles. The first kappa shape index (κ1) is 19.2. The van der Waals surface area contributed by atoms with Gasteiger partial charge in [-0.15, -0.1) is 0 Å². The standard InChI is InChI=1S/C23H24N2O4Si/c1-5-23(28)17-10-19-20-14(11-25(19)21(26)16(17)12-29-22(23)27)8-13-9-15(30(2,3)4)6-7-18(13)24-20/h6-10,28H,5,11-12H2,1-4H3/t23-/m0/s1. The Hall–Kier alpha value is -2.77. The fourth-order valence-corrected chi connectivity index (χ4v) is 5.62. The van der Waals surface area contributed by atoms with E-state index in [1.807, 2.05) is 6.07 Å². The largest absolute Gasteiger partial charge is 0.458 e. The molecule has 0 bridgehead atoms. The van der Waals surface area contributed by atoms with Crippen LogP contribution < -0.4 is 10.7 Å². The quantitative estimate of drug-likeness (QED) is 0.398. The Balaban J connectivity index is 1.73. The van der Waals surface area contributed by atoms with Crippen molar-refractivity contribution in [3.63, 3.8) is 0 Å². The van der Waals surface area contributed by atoms with E-state index in [1.54, 1.807) is 17.6 Å². The number of aliphatic hydroxyl groups is 1. The number of ether oxygens (including phenoxy) is 1. The number of hydrogen-bond donors (Lipinski definition) is 1. The van der Waals surface area contributed by atoms with Crippen molar-refractivity contribution < 1.29 is 14.6 Å². The molecule has 0 radical (unpaired) electrons. The Bertz CT molecular complexity index is 1310. The Kier molecular flexibility index (Phi) is 3.92. The normalized spacial score (nSPS) is 20.0. The number of nitrogens with zero attached hydrogens (tertiary/aromatic N) is 2. The Morgan fingerprint density at radius 1 is 1.20 bits per heavy atom. The van der Waals surface area contributed by atoms with Gasteiger partial charge >= 0.3 is 5.97 Å². The Morgan fingerprint density at radius 3 is 2.67 bits per heavy atom. The lowest BCUT2D eigenvalue weighted by atomic mass is 9.86. The summed E-state index contributed by atoms with van der Waals surface area (Å²) >= 11 is 0. The second-order valence-electron chi connectivity index (χ2n) is 9.26. The fourth-order valence-electron chi connectivity index (χ4n) is 4.45. The molecule has 7 heteroatoms. The van der Waals surface area contributed by atoms with Crippen molar-refractivity contribution in [2.75, 3.05) is 0 Å². The third-order valence-electron chi connectivity index (χ3n) is 6.37. The lowest BCUT2D eigenvalue weighted by Gasteiger charge is -2.31. The first-order valence-corrected chi connectivity index (χ1v) is 13.7. The van der Waals surface area contributed by atoms with Gasteiger partial charge in [-0.25, -0.2) is 9.78 Å². The highest BCUT2D eigenvalue weighted by molar-refractivity contribution is 6.88.